The van der Waals surface area contributed by atoms with Crippen LogP contribution in [-0.2, 0) is 32.7 Å². The summed E-state index contributed by atoms with van der Waals surface area (Å²) in [5.41, 5.74) is 0. The third-order valence-corrected chi connectivity index (χ3v) is 6.34. The average Bonchev–Trinajstić information content (AvgIpc) is 2.76. The Morgan fingerprint density at radius 1 is 0.771 bits per heavy atom. The molecule has 0 aliphatic rings. The zero-order chi connectivity index (χ0) is 26.6. The van der Waals surface area contributed by atoms with Crippen LogP contribution in [0.2, 0.25) is 0 Å². The molecule has 0 saturated carbocycles. The molecule has 9 nitrogen and oxygen atoms in total. The van der Waals surface area contributed by atoms with Crippen LogP contribution in [0, 0.1) is 0 Å². The maximum Gasteiger partial charge on any atom is 0.306 e. The van der Waals surface area contributed by atoms with Gasteiger partial charge in [0.25, 0.3) is 7.82 Å². The van der Waals surface area contributed by atoms with Crippen molar-refractivity contribution in [1.29, 1.82) is 0 Å². The first-order valence-corrected chi connectivity index (χ1v) is 14.7. The van der Waals surface area contributed by atoms with Crippen LogP contribution in [0.4, 0.5) is 0 Å². The van der Waals surface area contributed by atoms with Crippen molar-refractivity contribution in [2.24, 2.45) is 0 Å². The predicted molar refractivity (Wildman–Crippen MR) is 135 cm³/mol. The summed E-state index contributed by atoms with van der Waals surface area (Å²) in [6.45, 7) is 3.95. The van der Waals surface area contributed by atoms with Crippen molar-refractivity contribution in [3.05, 3.63) is 0 Å². The van der Waals surface area contributed by atoms with Gasteiger partial charge in [0.05, 0.1) is 27.7 Å². The van der Waals surface area contributed by atoms with E-state index in [-0.39, 0.29) is 26.1 Å². The van der Waals surface area contributed by atoms with Crippen molar-refractivity contribution in [3.63, 3.8) is 0 Å². The highest BCUT2D eigenvalue weighted by Crippen LogP contribution is 2.38. The highest BCUT2D eigenvalue weighted by molar-refractivity contribution is 7.45. The van der Waals surface area contributed by atoms with E-state index in [1.54, 1.807) is 0 Å². The SMILES string of the molecule is CCCCCCCCCCC(=O)OC(COC(=O)CCCCC)COP(=O)([O-])OCC[N+](C)(C)C. The van der Waals surface area contributed by atoms with Crippen molar-refractivity contribution in [3.8, 4) is 0 Å². The van der Waals surface area contributed by atoms with Gasteiger partial charge in [0, 0.05) is 12.8 Å². The fourth-order valence-electron chi connectivity index (χ4n) is 3.18. The van der Waals surface area contributed by atoms with E-state index in [1.807, 2.05) is 28.1 Å². The Labute approximate surface area is 213 Å². The van der Waals surface area contributed by atoms with Gasteiger partial charge in [0.15, 0.2) is 6.10 Å². The second-order valence-corrected chi connectivity index (χ2v) is 11.5. The number of phosphoric acid groups is 1. The number of unbranched alkanes of at least 4 members (excludes halogenated alkanes) is 9. The van der Waals surface area contributed by atoms with Gasteiger partial charge in [0.2, 0.25) is 0 Å². The van der Waals surface area contributed by atoms with Gasteiger partial charge in [0.1, 0.15) is 19.8 Å². The standard InChI is InChI=1S/C25H50NO8P/c1-6-8-10-11-12-13-14-16-18-25(28)34-23(21-31-24(27)17-15-9-7-2)22-33-35(29,30)32-20-19-26(3,4)5/h23H,6-22H2,1-5H3. The quantitative estimate of drug-likeness (QED) is 0.0816. The Kier molecular flexibility index (Phi) is 19.5. The molecule has 0 spiro atoms. The van der Waals surface area contributed by atoms with Gasteiger partial charge in [-0.2, -0.15) is 0 Å². The molecule has 0 aromatic heterocycles. The molecule has 35 heavy (non-hydrogen) atoms. The van der Waals surface area contributed by atoms with Gasteiger partial charge in [-0.1, -0.05) is 71.6 Å². The molecule has 0 N–H and O–H groups in total. The summed E-state index contributed by atoms with van der Waals surface area (Å²) in [6.07, 6.45) is 10.9. The molecule has 10 heteroatoms. The van der Waals surface area contributed by atoms with Crippen LogP contribution in [0.3, 0.4) is 0 Å². The second-order valence-electron chi connectivity index (χ2n) is 10.1. The lowest BCUT2D eigenvalue weighted by molar-refractivity contribution is -0.870. The van der Waals surface area contributed by atoms with Crippen LogP contribution >= 0.6 is 7.82 Å². The van der Waals surface area contributed by atoms with Crippen molar-refractivity contribution in [1.82, 2.24) is 0 Å². The Balaban J connectivity index is 4.55. The van der Waals surface area contributed by atoms with Crippen LogP contribution in [0.5, 0.6) is 0 Å². The molecule has 2 unspecified atom stereocenters. The van der Waals surface area contributed by atoms with Gasteiger partial charge in [-0.15, -0.1) is 0 Å². The van der Waals surface area contributed by atoms with Gasteiger partial charge in [-0.3, -0.25) is 14.2 Å². The lowest BCUT2D eigenvalue weighted by atomic mass is 10.1. The first-order valence-electron chi connectivity index (χ1n) is 13.2. The predicted octanol–water partition coefficient (Wildman–Crippen LogP) is 4.76. The third-order valence-electron chi connectivity index (χ3n) is 5.38. The molecule has 0 saturated heterocycles. The molecule has 0 bridgehead atoms. The molecule has 0 aromatic carbocycles. The first-order chi connectivity index (χ1) is 16.5. The molecule has 0 amide bonds. The zero-order valence-electron chi connectivity index (χ0n) is 22.8. The molecular weight excluding hydrogens is 473 g/mol. The molecule has 208 valence electrons. The fourth-order valence-corrected chi connectivity index (χ4v) is 3.91. The lowest BCUT2D eigenvalue weighted by Gasteiger charge is -2.28. The third kappa shape index (κ3) is 23.2. The summed E-state index contributed by atoms with van der Waals surface area (Å²) in [7, 11) is 1.16. The number of ether oxygens (including phenoxy) is 2. The largest absolute Gasteiger partial charge is 0.756 e. The number of likely N-dealkylation sites (N-methyl/N-ethyl adjacent to an activating group) is 1. The van der Waals surface area contributed by atoms with E-state index in [2.05, 4.69) is 6.92 Å². The normalized spacial score (nSPS) is 14.3. The Bertz CT molecular complexity index is 609. The van der Waals surface area contributed by atoms with Crippen molar-refractivity contribution >= 4 is 19.8 Å². The Morgan fingerprint density at radius 2 is 1.29 bits per heavy atom. The number of carbonyl (C=O) groups excluding carboxylic acids is 2. The van der Waals surface area contributed by atoms with Crippen LogP contribution in [-0.4, -0.2) is 70.0 Å². The van der Waals surface area contributed by atoms with Gasteiger partial charge in [-0.05, 0) is 12.8 Å². The molecule has 0 radical (unpaired) electrons. The van der Waals surface area contributed by atoms with Crippen LogP contribution < -0.4 is 4.89 Å². The summed E-state index contributed by atoms with van der Waals surface area (Å²) in [5.74, 6) is -0.870. The summed E-state index contributed by atoms with van der Waals surface area (Å²) in [5, 5.41) is 0. The maximum atomic E-state index is 12.3. The van der Waals surface area contributed by atoms with Crippen LogP contribution in [0.15, 0.2) is 0 Å². The minimum Gasteiger partial charge on any atom is -0.756 e. The lowest BCUT2D eigenvalue weighted by Crippen LogP contribution is -2.37. The second kappa shape index (κ2) is 20.1. The summed E-state index contributed by atoms with van der Waals surface area (Å²) in [4.78, 5) is 36.3. The topological polar surface area (TPSA) is 111 Å². The van der Waals surface area contributed by atoms with E-state index in [0.717, 1.165) is 32.1 Å². The molecule has 0 aliphatic carbocycles. The number of rotatable bonds is 23. The number of hydrogen-bond donors (Lipinski definition) is 0. The number of quaternary nitrogens is 1. The van der Waals surface area contributed by atoms with Crippen molar-refractivity contribution in [2.45, 2.75) is 103 Å². The molecule has 0 fully saturated rings. The van der Waals surface area contributed by atoms with E-state index >= 15 is 0 Å². The van der Waals surface area contributed by atoms with E-state index < -0.39 is 32.5 Å². The first kappa shape index (κ1) is 34.0. The molecular formula is C25H50NO8P. The summed E-state index contributed by atoms with van der Waals surface area (Å²) >= 11 is 0. The van der Waals surface area contributed by atoms with Crippen molar-refractivity contribution < 1.29 is 42.1 Å². The Morgan fingerprint density at radius 3 is 1.89 bits per heavy atom. The van der Waals surface area contributed by atoms with E-state index in [4.69, 9.17) is 18.5 Å². The number of hydrogen-bond acceptors (Lipinski definition) is 8. The average molecular weight is 524 g/mol. The monoisotopic (exact) mass is 523 g/mol. The molecule has 0 rings (SSSR count). The highest BCUT2D eigenvalue weighted by Gasteiger charge is 2.21. The number of carbonyl (C=O) groups is 2. The van der Waals surface area contributed by atoms with E-state index in [9.17, 15) is 19.0 Å². The fraction of sp³-hybridized carbons (Fsp3) is 0.920. The van der Waals surface area contributed by atoms with Crippen molar-refractivity contribution in [2.75, 3.05) is 47.5 Å². The van der Waals surface area contributed by atoms with Gasteiger partial charge in [-0.25, -0.2) is 0 Å². The Hall–Kier alpha value is -0.990. The molecule has 0 aromatic rings. The minimum atomic E-state index is -4.58. The molecule has 2 atom stereocenters. The smallest absolute Gasteiger partial charge is 0.306 e. The minimum absolute atomic E-state index is 0.0282. The van der Waals surface area contributed by atoms with E-state index in [1.165, 1.54) is 25.7 Å². The van der Waals surface area contributed by atoms with Gasteiger partial charge < -0.3 is 27.9 Å². The highest BCUT2D eigenvalue weighted by atomic mass is 31.2. The summed E-state index contributed by atoms with van der Waals surface area (Å²) < 4.78 is 33.0. The number of nitrogens with zero attached hydrogens (tertiary/aromatic N) is 1. The van der Waals surface area contributed by atoms with Crippen LogP contribution in [0.25, 0.3) is 0 Å². The van der Waals surface area contributed by atoms with Crippen LogP contribution in [0.1, 0.15) is 97.3 Å². The zero-order valence-corrected chi connectivity index (χ0v) is 23.7. The van der Waals surface area contributed by atoms with E-state index in [0.29, 0.717) is 23.9 Å². The van der Waals surface area contributed by atoms with Gasteiger partial charge >= 0.3 is 11.9 Å². The molecule has 0 aliphatic heterocycles. The number of phosphoric ester groups is 1. The summed E-state index contributed by atoms with van der Waals surface area (Å²) in [6, 6.07) is 0. The molecule has 0 heterocycles. The maximum absolute atomic E-state index is 12.3. The number of esters is 2.